The molecule has 0 saturated carbocycles. The van der Waals surface area contributed by atoms with Crippen LogP contribution in [0.15, 0.2) is 0 Å². The van der Waals surface area contributed by atoms with E-state index in [1.165, 1.54) is 0 Å². The molecule has 0 aliphatic carbocycles. The molecule has 13 heteroatoms. The first-order valence-corrected chi connectivity index (χ1v) is 5.76. The predicted octanol–water partition coefficient (Wildman–Crippen LogP) is -5.47. The first kappa shape index (κ1) is 17.7. The summed E-state index contributed by atoms with van der Waals surface area (Å²) in [5, 5.41) is 50.3. The van der Waals surface area contributed by atoms with E-state index in [-0.39, 0.29) is 0 Å². The maximum atomic E-state index is 10.7. The fourth-order valence-corrected chi connectivity index (χ4v) is 1.62. The van der Waals surface area contributed by atoms with E-state index in [2.05, 4.69) is 11.4 Å². The minimum absolute atomic E-state index is 1.77. The number of hydrogen-bond donors (Lipinski definition) is 6. The Morgan fingerprint density at radius 2 is 0.842 bits per heavy atom. The summed E-state index contributed by atoms with van der Waals surface area (Å²) in [7, 11) is 0. The molecule has 0 spiro atoms. The molecule has 0 amide bonds. The Balaban J connectivity index is 4.68. The summed E-state index contributed by atoms with van der Waals surface area (Å²) in [4.78, 5) is 32.2. The lowest BCUT2D eigenvalue weighted by molar-refractivity contribution is -0.179. The van der Waals surface area contributed by atoms with Crippen LogP contribution >= 0.6 is 0 Å². The zero-order valence-corrected chi connectivity index (χ0v) is 10.1. The van der Waals surface area contributed by atoms with E-state index < -0.39 is 51.9 Å². The number of hydrogen-bond acceptors (Lipinski definition) is 12. The fourth-order valence-electron chi connectivity index (χ4n) is 0.539. The van der Waals surface area contributed by atoms with Crippen LogP contribution in [0.1, 0.15) is 0 Å². The maximum absolute atomic E-state index is 10.7. The van der Waals surface area contributed by atoms with Gasteiger partial charge in [0, 0.05) is 0 Å². The average Bonchev–Trinajstić information content (AvgIpc) is 2.27. The largest absolute Gasteiger partial charge is 1.20 e. The summed E-state index contributed by atoms with van der Waals surface area (Å²) in [6.07, 6.45) is -7.90. The smallest absolute Gasteiger partial charge is 0.547 e. The average molecular weight is 300 g/mol. The van der Waals surface area contributed by atoms with Crippen molar-refractivity contribution in [3.8, 4) is 0 Å². The third-order valence-corrected chi connectivity index (χ3v) is 2.54. The SMILES string of the molecule is O=C([O][Al]([O]C(=O)C(O)O)[O]C(=O)C(O)O)C(O)O. The van der Waals surface area contributed by atoms with Crippen molar-refractivity contribution in [2.45, 2.75) is 18.9 Å². The predicted molar refractivity (Wildman–Crippen MR) is 48.7 cm³/mol. The molecule has 12 nitrogen and oxygen atoms in total. The molecular weight excluding hydrogens is 291 g/mol. The van der Waals surface area contributed by atoms with Crippen LogP contribution in [-0.4, -0.2) is 82.6 Å². The molecule has 0 bridgehead atoms. The highest BCUT2D eigenvalue weighted by molar-refractivity contribution is 6.44. The highest BCUT2D eigenvalue weighted by Crippen LogP contribution is 2.00. The number of rotatable bonds is 6. The third-order valence-electron chi connectivity index (χ3n) is 1.27. The van der Waals surface area contributed by atoms with Crippen LogP contribution in [0.4, 0.5) is 0 Å². The van der Waals surface area contributed by atoms with Gasteiger partial charge in [0.1, 0.15) is 0 Å². The van der Waals surface area contributed by atoms with E-state index in [0.29, 0.717) is 0 Å². The molecule has 0 radical (unpaired) electrons. The number of aliphatic hydroxyl groups excluding tert-OH is 3. The zero-order chi connectivity index (χ0) is 15.2. The van der Waals surface area contributed by atoms with Crippen molar-refractivity contribution >= 4 is 33.1 Å². The van der Waals surface area contributed by atoms with Gasteiger partial charge >= 0.3 is 33.1 Å². The van der Waals surface area contributed by atoms with Crippen LogP contribution in [-0.2, 0) is 25.7 Å². The van der Waals surface area contributed by atoms with Crippen molar-refractivity contribution in [2.24, 2.45) is 0 Å². The molecule has 0 aromatic heterocycles. The van der Waals surface area contributed by atoms with Gasteiger partial charge < -0.3 is 42.0 Å². The summed E-state index contributed by atoms with van der Waals surface area (Å²) in [5.41, 5.74) is 0. The highest BCUT2D eigenvalue weighted by Gasteiger charge is 2.51. The van der Waals surface area contributed by atoms with Gasteiger partial charge in [-0.3, -0.25) is 0 Å². The topological polar surface area (TPSA) is 200 Å². The van der Waals surface area contributed by atoms with E-state index >= 15 is 0 Å². The van der Waals surface area contributed by atoms with Crippen LogP contribution in [0.25, 0.3) is 0 Å². The van der Waals surface area contributed by atoms with E-state index in [0.717, 1.165) is 0 Å². The first-order valence-electron chi connectivity index (χ1n) is 4.35. The van der Waals surface area contributed by atoms with Crippen molar-refractivity contribution in [3.63, 3.8) is 0 Å². The standard InChI is InChI=1S/3C2H4O4.Al/c3*3-1(4)2(5)6;/h3*1,3-4H,(H,5,6);/q;;;+3/p-3. The molecule has 0 aromatic rings. The zero-order valence-electron chi connectivity index (χ0n) is 8.94. The second kappa shape index (κ2) is 7.99. The van der Waals surface area contributed by atoms with Crippen LogP contribution in [0.3, 0.4) is 0 Å². The lowest BCUT2D eigenvalue weighted by Crippen LogP contribution is -2.42. The van der Waals surface area contributed by atoms with Crippen molar-refractivity contribution in [3.05, 3.63) is 0 Å². The fraction of sp³-hybridized carbons (Fsp3) is 0.500. The Morgan fingerprint density at radius 1 is 0.632 bits per heavy atom. The van der Waals surface area contributed by atoms with Gasteiger partial charge in [0.15, 0.2) is 0 Å². The molecule has 19 heavy (non-hydrogen) atoms. The Labute approximate surface area is 109 Å². The van der Waals surface area contributed by atoms with Crippen molar-refractivity contribution in [1.29, 1.82) is 0 Å². The van der Waals surface area contributed by atoms with Gasteiger partial charge in [-0.15, -0.1) is 0 Å². The van der Waals surface area contributed by atoms with Crippen molar-refractivity contribution < 1.29 is 56.4 Å². The minimum Gasteiger partial charge on any atom is -0.547 e. The van der Waals surface area contributed by atoms with Gasteiger partial charge in [-0.1, -0.05) is 0 Å². The Morgan fingerprint density at radius 3 is 1.00 bits per heavy atom. The Bertz CT molecular complexity index is 285. The monoisotopic (exact) mass is 300 g/mol. The molecule has 108 valence electrons. The van der Waals surface area contributed by atoms with Gasteiger partial charge in [0.05, 0.1) is 0 Å². The van der Waals surface area contributed by atoms with Gasteiger partial charge in [-0.2, -0.15) is 0 Å². The van der Waals surface area contributed by atoms with Gasteiger partial charge in [0.2, 0.25) is 18.9 Å². The lowest BCUT2D eigenvalue weighted by atomic mass is 10.7. The van der Waals surface area contributed by atoms with Crippen LogP contribution in [0.2, 0.25) is 0 Å². The Hall–Kier alpha value is -1.30. The van der Waals surface area contributed by atoms with E-state index in [1.54, 1.807) is 0 Å². The number of carbonyl (C=O) groups excluding carboxylic acids is 3. The summed E-state index contributed by atoms with van der Waals surface area (Å²) >= 11 is -4.08. The van der Waals surface area contributed by atoms with Gasteiger partial charge in [0.25, 0.3) is 0 Å². The molecule has 0 aromatic carbocycles. The van der Waals surface area contributed by atoms with Crippen molar-refractivity contribution in [1.82, 2.24) is 0 Å². The quantitative estimate of drug-likeness (QED) is 0.201. The lowest BCUT2D eigenvalue weighted by Gasteiger charge is -2.14. The number of carbonyl (C=O) groups is 3. The third kappa shape index (κ3) is 7.01. The molecular formula is C6H9AlO12. The van der Waals surface area contributed by atoms with E-state index in [4.69, 9.17) is 30.6 Å². The molecule has 0 aliphatic rings. The normalized spacial score (nSPS) is 10.6. The molecule has 0 rings (SSSR count). The minimum atomic E-state index is -4.08. The summed E-state index contributed by atoms with van der Waals surface area (Å²) in [6, 6.07) is 0. The summed E-state index contributed by atoms with van der Waals surface area (Å²) in [6.45, 7) is 0. The molecule has 0 aliphatic heterocycles. The van der Waals surface area contributed by atoms with Crippen LogP contribution in [0, 0.1) is 0 Å². The maximum Gasteiger partial charge on any atom is 1.20 e. The highest BCUT2D eigenvalue weighted by atomic mass is 27.3. The summed E-state index contributed by atoms with van der Waals surface area (Å²) < 4.78 is 12.1. The van der Waals surface area contributed by atoms with Gasteiger partial charge in [-0.25, -0.2) is 14.4 Å². The van der Waals surface area contributed by atoms with Gasteiger partial charge in [-0.05, 0) is 0 Å². The number of aliphatic hydroxyl groups is 6. The first-order chi connectivity index (χ1) is 8.65. The molecule has 0 unspecified atom stereocenters. The Kier molecular flexibility index (Phi) is 7.44. The van der Waals surface area contributed by atoms with Crippen molar-refractivity contribution in [2.75, 3.05) is 0 Å². The second-order valence-corrected chi connectivity index (χ2v) is 4.00. The molecule has 0 atom stereocenters. The van der Waals surface area contributed by atoms with E-state index in [1.807, 2.05) is 0 Å². The van der Waals surface area contributed by atoms with Crippen LogP contribution in [0.5, 0.6) is 0 Å². The van der Waals surface area contributed by atoms with E-state index in [9.17, 15) is 14.4 Å². The second-order valence-electron chi connectivity index (χ2n) is 2.72. The molecule has 0 heterocycles. The van der Waals surface area contributed by atoms with Crippen LogP contribution < -0.4 is 0 Å². The summed E-state index contributed by atoms with van der Waals surface area (Å²) in [5.74, 6) is -5.30. The molecule has 0 fully saturated rings. The molecule has 6 N–H and O–H groups in total. The molecule has 0 saturated heterocycles.